The number of nitro groups is 1. The maximum atomic E-state index is 11.0. The fraction of sp³-hybridized carbons (Fsp3) is 0.538. The van der Waals surface area contributed by atoms with Crippen molar-refractivity contribution in [2.45, 2.75) is 31.7 Å². The molecular weight excluding hydrogens is 316 g/mol. The average molecular weight is 335 g/mol. The molecule has 0 saturated carbocycles. The van der Waals surface area contributed by atoms with Crippen LogP contribution in [0, 0.1) is 10.1 Å². The van der Waals surface area contributed by atoms with E-state index >= 15 is 0 Å². The summed E-state index contributed by atoms with van der Waals surface area (Å²) in [5, 5.41) is 51.2. The number of benzene rings is 1. The molecule has 0 fully saturated rings. The lowest BCUT2D eigenvalue weighted by atomic mass is 10.1. The van der Waals surface area contributed by atoms with E-state index in [0.29, 0.717) is 12.0 Å². The molecule has 5 N–H and O–H groups in total. The van der Waals surface area contributed by atoms with Crippen molar-refractivity contribution in [3.63, 3.8) is 0 Å². The molecule has 1 aromatic carbocycles. The van der Waals surface area contributed by atoms with Crippen LogP contribution < -0.4 is 5.32 Å². The summed E-state index contributed by atoms with van der Waals surface area (Å²) in [6.07, 6.45) is -3.92. The SMILES string of the molecule is CCc1cc(NC[C@@H](O)[C@H](O)[C@H](O)CO)c([N+](=O)[O-])cc1Cl. The van der Waals surface area contributed by atoms with Crippen molar-refractivity contribution in [2.24, 2.45) is 0 Å². The number of nitrogens with one attached hydrogen (secondary N) is 1. The Morgan fingerprint density at radius 2 is 1.95 bits per heavy atom. The largest absolute Gasteiger partial charge is 0.394 e. The Morgan fingerprint density at radius 3 is 2.45 bits per heavy atom. The van der Waals surface area contributed by atoms with E-state index < -0.39 is 29.8 Å². The topological polar surface area (TPSA) is 136 Å². The van der Waals surface area contributed by atoms with Crippen LogP contribution in [0.5, 0.6) is 0 Å². The van der Waals surface area contributed by atoms with Gasteiger partial charge >= 0.3 is 0 Å². The summed E-state index contributed by atoms with van der Waals surface area (Å²) in [6, 6.07) is 2.72. The van der Waals surface area contributed by atoms with E-state index in [1.807, 2.05) is 6.92 Å². The van der Waals surface area contributed by atoms with Crippen LogP contribution in [0.1, 0.15) is 12.5 Å². The zero-order valence-electron chi connectivity index (χ0n) is 11.9. The molecule has 1 rings (SSSR count). The summed E-state index contributed by atoms with van der Waals surface area (Å²) in [7, 11) is 0. The highest BCUT2D eigenvalue weighted by molar-refractivity contribution is 6.31. The molecule has 124 valence electrons. The molecule has 0 amide bonds. The number of nitrogens with zero attached hydrogens (tertiary/aromatic N) is 1. The average Bonchev–Trinajstić information content (AvgIpc) is 2.51. The monoisotopic (exact) mass is 334 g/mol. The van der Waals surface area contributed by atoms with E-state index in [0.717, 1.165) is 0 Å². The van der Waals surface area contributed by atoms with Crippen LogP contribution in [0.3, 0.4) is 0 Å². The van der Waals surface area contributed by atoms with Crippen LogP contribution >= 0.6 is 11.6 Å². The lowest BCUT2D eigenvalue weighted by Gasteiger charge is -2.22. The Bertz CT molecular complexity index is 527. The second kappa shape index (κ2) is 8.25. The van der Waals surface area contributed by atoms with E-state index in [2.05, 4.69) is 5.32 Å². The Morgan fingerprint density at radius 1 is 1.32 bits per heavy atom. The van der Waals surface area contributed by atoms with Gasteiger partial charge in [-0.05, 0) is 18.1 Å². The highest BCUT2D eigenvalue weighted by Crippen LogP contribution is 2.31. The lowest BCUT2D eigenvalue weighted by molar-refractivity contribution is -0.384. The van der Waals surface area contributed by atoms with Gasteiger partial charge in [0.1, 0.15) is 17.9 Å². The summed E-state index contributed by atoms with van der Waals surface area (Å²) in [6.45, 7) is 0.885. The fourth-order valence-corrected chi connectivity index (χ4v) is 2.16. The third-order valence-electron chi connectivity index (χ3n) is 3.22. The van der Waals surface area contributed by atoms with Crippen LogP contribution in [0.25, 0.3) is 0 Å². The summed E-state index contributed by atoms with van der Waals surface area (Å²) >= 11 is 5.94. The number of halogens is 1. The zero-order valence-corrected chi connectivity index (χ0v) is 12.7. The first-order valence-electron chi connectivity index (χ1n) is 6.67. The lowest BCUT2D eigenvalue weighted by Crippen LogP contribution is -2.42. The maximum Gasteiger partial charge on any atom is 0.293 e. The Hall–Kier alpha value is -1.45. The quantitative estimate of drug-likeness (QED) is 0.340. The van der Waals surface area contributed by atoms with Gasteiger partial charge in [0.2, 0.25) is 0 Å². The number of aliphatic hydroxyl groups excluding tert-OH is 4. The molecular formula is C13H19ClN2O6. The fourth-order valence-electron chi connectivity index (χ4n) is 1.87. The number of aryl methyl sites for hydroxylation is 1. The Kier molecular flexibility index (Phi) is 6.98. The van der Waals surface area contributed by atoms with Gasteiger partial charge in [0, 0.05) is 12.6 Å². The molecule has 0 bridgehead atoms. The molecule has 22 heavy (non-hydrogen) atoms. The molecule has 3 atom stereocenters. The standard InChI is InChI=1S/C13H19ClN2O6/c1-2-7-3-9(10(16(21)22)4-8(7)14)15-5-11(18)13(20)12(19)6-17/h3-4,11-13,15,17-20H,2,5-6H2,1H3/t11-,12-,13+/m1/s1. The normalized spacial score (nSPS) is 15.2. The Labute approximate surface area is 132 Å². The van der Waals surface area contributed by atoms with Gasteiger partial charge in [-0.25, -0.2) is 0 Å². The van der Waals surface area contributed by atoms with Crippen LogP contribution in [0.15, 0.2) is 12.1 Å². The predicted octanol–water partition coefficient (Wildman–Crippen LogP) is 0.298. The number of rotatable bonds is 8. The van der Waals surface area contributed by atoms with Gasteiger partial charge in [-0.15, -0.1) is 0 Å². The molecule has 0 aliphatic carbocycles. The third kappa shape index (κ3) is 4.52. The second-order valence-corrected chi connectivity index (χ2v) is 5.17. The number of hydrogen-bond donors (Lipinski definition) is 5. The summed E-state index contributed by atoms with van der Waals surface area (Å²) in [5.74, 6) is 0. The third-order valence-corrected chi connectivity index (χ3v) is 3.57. The van der Waals surface area contributed by atoms with Crippen molar-refractivity contribution in [3.8, 4) is 0 Å². The first kappa shape index (κ1) is 18.6. The number of nitro benzene ring substituents is 1. The summed E-state index contributed by atoms with van der Waals surface area (Å²) < 4.78 is 0. The van der Waals surface area contributed by atoms with Crippen LogP contribution in [0.2, 0.25) is 5.02 Å². The molecule has 0 saturated heterocycles. The Balaban J connectivity index is 2.90. The smallest absolute Gasteiger partial charge is 0.293 e. The number of aliphatic hydroxyl groups is 4. The second-order valence-electron chi connectivity index (χ2n) is 4.76. The molecule has 0 spiro atoms. The highest BCUT2D eigenvalue weighted by Gasteiger charge is 2.25. The number of hydrogen-bond acceptors (Lipinski definition) is 7. The predicted molar refractivity (Wildman–Crippen MR) is 81.1 cm³/mol. The van der Waals surface area contributed by atoms with E-state index in [-0.39, 0.29) is 22.9 Å². The molecule has 0 aromatic heterocycles. The van der Waals surface area contributed by atoms with Crippen molar-refractivity contribution in [1.29, 1.82) is 0 Å². The first-order chi connectivity index (χ1) is 10.3. The van der Waals surface area contributed by atoms with Crippen LogP contribution in [0.4, 0.5) is 11.4 Å². The van der Waals surface area contributed by atoms with Crippen molar-refractivity contribution in [2.75, 3.05) is 18.5 Å². The van der Waals surface area contributed by atoms with E-state index in [9.17, 15) is 25.4 Å². The van der Waals surface area contributed by atoms with E-state index in [4.69, 9.17) is 16.7 Å². The summed E-state index contributed by atoms with van der Waals surface area (Å²) in [4.78, 5) is 10.4. The van der Waals surface area contributed by atoms with Crippen molar-refractivity contribution in [1.82, 2.24) is 0 Å². The molecule has 1 aromatic rings. The van der Waals surface area contributed by atoms with Gasteiger partial charge < -0.3 is 25.7 Å². The molecule has 0 unspecified atom stereocenters. The van der Waals surface area contributed by atoms with Crippen molar-refractivity contribution in [3.05, 3.63) is 32.8 Å². The van der Waals surface area contributed by atoms with Gasteiger partial charge in [-0.1, -0.05) is 18.5 Å². The van der Waals surface area contributed by atoms with Crippen molar-refractivity contribution >= 4 is 23.0 Å². The van der Waals surface area contributed by atoms with E-state index in [1.54, 1.807) is 0 Å². The molecule has 0 heterocycles. The van der Waals surface area contributed by atoms with E-state index in [1.165, 1.54) is 12.1 Å². The minimum atomic E-state index is -1.57. The minimum absolute atomic E-state index is 0.149. The van der Waals surface area contributed by atoms with Gasteiger partial charge in [-0.3, -0.25) is 10.1 Å². The first-order valence-corrected chi connectivity index (χ1v) is 7.05. The molecule has 0 aliphatic heterocycles. The van der Waals surface area contributed by atoms with Crippen LogP contribution in [-0.2, 0) is 6.42 Å². The minimum Gasteiger partial charge on any atom is -0.394 e. The van der Waals surface area contributed by atoms with Gasteiger partial charge in [0.05, 0.1) is 22.7 Å². The molecule has 8 nitrogen and oxygen atoms in total. The van der Waals surface area contributed by atoms with Crippen LogP contribution in [-0.4, -0.2) is 56.8 Å². The zero-order chi connectivity index (χ0) is 16.9. The van der Waals surface area contributed by atoms with Gasteiger partial charge in [-0.2, -0.15) is 0 Å². The highest BCUT2D eigenvalue weighted by atomic mass is 35.5. The van der Waals surface area contributed by atoms with Gasteiger partial charge in [0.25, 0.3) is 5.69 Å². The van der Waals surface area contributed by atoms with Crippen molar-refractivity contribution < 1.29 is 25.3 Å². The molecule has 0 radical (unpaired) electrons. The number of anilines is 1. The maximum absolute atomic E-state index is 11.0. The van der Waals surface area contributed by atoms with Gasteiger partial charge in [0.15, 0.2) is 0 Å². The molecule has 9 heteroatoms. The molecule has 0 aliphatic rings. The summed E-state index contributed by atoms with van der Waals surface area (Å²) in [5.41, 5.74) is 0.586.